The lowest BCUT2D eigenvalue weighted by atomic mass is 9.83. The summed E-state index contributed by atoms with van der Waals surface area (Å²) in [5.41, 5.74) is 0.618. The number of hydrogen-bond donors (Lipinski definition) is 0. The molecule has 0 amide bonds. The van der Waals surface area contributed by atoms with Crippen LogP contribution in [0.2, 0.25) is 0 Å². The van der Waals surface area contributed by atoms with Crippen LogP contribution in [0.4, 0.5) is 0 Å². The molecule has 0 atom stereocenters. The van der Waals surface area contributed by atoms with Gasteiger partial charge in [0, 0.05) is 13.1 Å². The number of nitrogens with zero attached hydrogens (tertiary/aromatic N) is 2. The van der Waals surface area contributed by atoms with Gasteiger partial charge in [0.25, 0.3) is 0 Å². The largest absolute Gasteiger partial charge is 0.379 e. The summed E-state index contributed by atoms with van der Waals surface area (Å²) in [6.45, 7) is 14.7. The van der Waals surface area contributed by atoms with Crippen molar-refractivity contribution in [1.29, 1.82) is 0 Å². The molecule has 0 aromatic carbocycles. The number of likely N-dealkylation sites (N-methyl/N-ethyl adjacent to an activating group) is 1. The van der Waals surface area contributed by atoms with Crippen LogP contribution in [0, 0.1) is 5.41 Å². The van der Waals surface area contributed by atoms with E-state index in [1.807, 2.05) is 0 Å². The molecule has 2 fully saturated rings. The van der Waals surface area contributed by atoms with Crippen molar-refractivity contribution < 1.29 is 4.74 Å². The van der Waals surface area contributed by atoms with Crippen LogP contribution < -0.4 is 0 Å². The molecule has 0 aromatic heterocycles. The number of hydrogen-bond acceptors (Lipinski definition) is 3. The van der Waals surface area contributed by atoms with E-state index in [0.717, 1.165) is 26.3 Å². The van der Waals surface area contributed by atoms with Gasteiger partial charge >= 0.3 is 0 Å². The third-order valence-electron chi connectivity index (χ3n) is 3.89. The molecule has 0 radical (unpaired) electrons. The minimum Gasteiger partial charge on any atom is -0.379 e. The first-order chi connectivity index (χ1) is 8.03. The molecule has 2 rings (SSSR count). The van der Waals surface area contributed by atoms with Gasteiger partial charge in [-0.15, -0.1) is 0 Å². The standard InChI is InChI=1S/C8H17N.C6H13NO/c1-8(2)4-6-9(3)7-5-8;1-2-7-3-5-8-6-4-7/h4-7H2,1-3H3;2-6H2,1H3. The summed E-state index contributed by atoms with van der Waals surface area (Å²) >= 11 is 0. The fourth-order valence-electron chi connectivity index (χ4n) is 2.14. The zero-order valence-corrected chi connectivity index (χ0v) is 12.2. The van der Waals surface area contributed by atoms with Gasteiger partial charge in [0.2, 0.25) is 0 Å². The summed E-state index contributed by atoms with van der Waals surface area (Å²) in [6.07, 6.45) is 2.73. The molecule has 0 aromatic rings. The van der Waals surface area contributed by atoms with Crippen LogP contribution in [-0.2, 0) is 4.74 Å². The van der Waals surface area contributed by atoms with Crippen LogP contribution in [0.15, 0.2) is 0 Å². The molecule has 17 heavy (non-hydrogen) atoms. The number of rotatable bonds is 1. The summed E-state index contributed by atoms with van der Waals surface area (Å²) in [7, 11) is 2.20. The van der Waals surface area contributed by atoms with Gasteiger partial charge in [0.1, 0.15) is 0 Å². The van der Waals surface area contributed by atoms with E-state index in [-0.39, 0.29) is 0 Å². The van der Waals surface area contributed by atoms with Crippen molar-refractivity contribution in [1.82, 2.24) is 9.80 Å². The van der Waals surface area contributed by atoms with Gasteiger partial charge in [-0.2, -0.15) is 0 Å². The highest BCUT2D eigenvalue weighted by molar-refractivity contribution is 4.76. The second-order valence-corrected chi connectivity index (χ2v) is 6.01. The molecule has 3 nitrogen and oxygen atoms in total. The molecule has 2 aliphatic heterocycles. The molecule has 0 saturated carbocycles. The predicted octanol–water partition coefficient (Wildman–Crippen LogP) is 2.08. The second-order valence-electron chi connectivity index (χ2n) is 6.01. The Morgan fingerprint density at radius 1 is 1.00 bits per heavy atom. The van der Waals surface area contributed by atoms with Gasteiger partial charge in [0.15, 0.2) is 0 Å². The Hall–Kier alpha value is -0.120. The Balaban J connectivity index is 0.000000171. The molecule has 2 heterocycles. The highest BCUT2D eigenvalue weighted by Crippen LogP contribution is 2.28. The molecule has 0 bridgehead atoms. The third kappa shape index (κ3) is 6.39. The Kier molecular flexibility index (Phi) is 6.45. The van der Waals surface area contributed by atoms with Crippen molar-refractivity contribution in [3.05, 3.63) is 0 Å². The van der Waals surface area contributed by atoms with Gasteiger partial charge in [-0.25, -0.2) is 0 Å². The van der Waals surface area contributed by atoms with Gasteiger partial charge in [-0.1, -0.05) is 20.8 Å². The summed E-state index contributed by atoms with van der Waals surface area (Å²) in [5, 5.41) is 0. The van der Waals surface area contributed by atoms with Crippen molar-refractivity contribution in [3.63, 3.8) is 0 Å². The zero-order valence-electron chi connectivity index (χ0n) is 12.2. The van der Waals surface area contributed by atoms with Crippen LogP contribution in [0.3, 0.4) is 0 Å². The topological polar surface area (TPSA) is 15.7 Å². The Labute approximate surface area is 107 Å². The summed E-state index contributed by atoms with van der Waals surface area (Å²) in [5.74, 6) is 0. The van der Waals surface area contributed by atoms with E-state index in [9.17, 15) is 0 Å². The van der Waals surface area contributed by atoms with Gasteiger partial charge in [-0.3, -0.25) is 4.90 Å². The maximum atomic E-state index is 5.16. The highest BCUT2D eigenvalue weighted by Gasteiger charge is 2.22. The van der Waals surface area contributed by atoms with Crippen molar-refractivity contribution in [2.75, 3.05) is 53.0 Å². The zero-order chi connectivity index (χ0) is 12.7. The van der Waals surface area contributed by atoms with Crippen LogP contribution >= 0.6 is 0 Å². The van der Waals surface area contributed by atoms with Crippen molar-refractivity contribution in [3.8, 4) is 0 Å². The summed E-state index contributed by atoms with van der Waals surface area (Å²) in [4.78, 5) is 4.80. The van der Waals surface area contributed by atoms with E-state index in [1.165, 1.54) is 32.5 Å². The Morgan fingerprint density at radius 2 is 1.53 bits per heavy atom. The molecule has 0 unspecified atom stereocenters. The maximum absolute atomic E-state index is 5.16. The highest BCUT2D eigenvalue weighted by atomic mass is 16.5. The number of morpholine rings is 1. The van der Waals surface area contributed by atoms with Crippen LogP contribution in [0.5, 0.6) is 0 Å². The van der Waals surface area contributed by atoms with E-state index >= 15 is 0 Å². The number of likely N-dealkylation sites (tertiary alicyclic amines) is 1. The molecule has 2 aliphatic rings. The molecule has 2 saturated heterocycles. The average Bonchev–Trinajstić information content (AvgIpc) is 2.35. The van der Waals surface area contributed by atoms with Crippen LogP contribution in [-0.4, -0.2) is 62.8 Å². The fraction of sp³-hybridized carbons (Fsp3) is 1.00. The van der Waals surface area contributed by atoms with Crippen molar-refractivity contribution in [2.45, 2.75) is 33.6 Å². The third-order valence-corrected chi connectivity index (χ3v) is 3.89. The predicted molar refractivity (Wildman–Crippen MR) is 73.4 cm³/mol. The Bertz CT molecular complexity index is 190. The van der Waals surface area contributed by atoms with E-state index in [0.29, 0.717) is 5.41 Å². The first-order valence-corrected chi connectivity index (χ1v) is 7.02. The SMILES string of the molecule is CCN1CCOCC1.CN1CCC(C)(C)CC1. The Morgan fingerprint density at radius 3 is 1.88 bits per heavy atom. The van der Waals surface area contributed by atoms with E-state index in [1.54, 1.807) is 0 Å². The lowest BCUT2D eigenvalue weighted by Gasteiger charge is -2.34. The monoisotopic (exact) mass is 242 g/mol. The number of piperidine rings is 1. The minimum absolute atomic E-state index is 0.618. The van der Waals surface area contributed by atoms with Gasteiger partial charge in [-0.05, 0) is 44.9 Å². The summed E-state index contributed by atoms with van der Waals surface area (Å²) in [6, 6.07) is 0. The summed E-state index contributed by atoms with van der Waals surface area (Å²) < 4.78 is 5.16. The van der Waals surface area contributed by atoms with Crippen molar-refractivity contribution in [2.24, 2.45) is 5.41 Å². The van der Waals surface area contributed by atoms with Crippen LogP contribution in [0.1, 0.15) is 33.6 Å². The smallest absolute Gasteiger partial charge is 0.0594 e. The fourth-order valence-corrected chi connectivity index (χ4v) is 2.14. The normalized spacial score (nSPS) is 26.1. The first kappa shape index (κ1) is 14.9. The average molecular weight is 242 g/mol. The molecular weight excluding hydrogens is 212 g/mol. The van der Waals surface area contributed by atoms with E-state index < -0.39 is 0 Å². The minimum atomic E-state index is 0.618. The maximum Gasteiger partial charge on any atom is 0.0594 e. The quantitative estimate of drug-likeness (QED) is 0.700. The lowest BCUT2D eigenvalue weighted by molar-refractivity contribution is 0.0405. The molecule has 0 aliphatic carbocycles. The molecule has 0 N–H and O–H groups in total. The van der Waals surface area contributed by atoms with Gasteiger partial charge < -0.3 is 9.64 Å². The molecule has 102 valence electrons. The number of ether oxygens (including phenoxy) is 1. The molecule has 3 heteroatoms. The second kappa shape index (κ2) is 7.34. The van der Waals surface area contributed by atoms with E-state index in [4.69, 9.17) is 4.74 Å². The lowest BCUT2D eigenvalue weighted by Crippen LogP contribution is -2.35. The molecular formula is C14H30N2O. The van der Waals surface area contributed by atoms with Gasteiger partial charge in [0.05, 0.1) is 13.2 Å². The first-order valence-electron chi connectivity index (χ1n) is 7.02. The van der Waals surface area contributed by atoms with Crippen LogP contribution in [0.25, 0.3) is 0 Å². The van der Waals surface area contributed by atoms with Crippen molar-refractivity contribution >= 4 is 0 Å². The molecule has 0 spiro atoms. The van der Waals surface area contributed by atoms with E-state index in [2.05, 4.69) is 37.6 Å².